The predicted molar refractivity (Wildman–Crippen MR) is 253 cm³/mol. The van der Waals surface area contributed by atoms with Crippen LogP contribution in [-0.2, 0) is 21.7 Å². The van der Waals surface area contributed by atoms with E-state index in [9.17, 15) is 0 Å². The summed E-state index contributed by atoms with van der Waals surface area (Å²) in [5.74, 6) is 0. The fraction of sp³-hybridized carbons (Fsp3) is 0.309. The fourth-order valence-electron chi connectivity index (χ4n) is 10.3. The van der Waals surface area contributed by atoms with Crippen molar-refractivity contribution in [2.45, 2.75) is 111 Å². The van der Waals surface area contributed by atoms with Crippen molar-refractivity contribution in [1.29, 1.82) is 0 Å². The molecule has 59 heavy (non-hydrogen) atoms. The normalized spacial score (nSPS) is 16.4. The van der Waals surface area contributed by atoms with E-state index in [1.165, 1.54) is 72.6 Å². The predicted octanol–water partition coefficient (Wildman–Crippen LogP) is 13.4. The minimum atomic E-state index is -0.0977. The number of hydrogen-bond donors (Lipinski definition) is 0. The molecule has 10 rings (SSSR count). The van der Waals surface area contributed by atoms with Crippen LogP contribution < -0.4 is 26.4 Å². The van der Waals surface area contributed by atoms with Crippen LogP contribution in [0.5, 0.6) is 0 Å². The summed E-state index contributed by atoms with van der Waals surface area (Å²) in [6, 6.07) is 46.1. The van der Waals surface area contributed by atoms with E-state index in [0.29, 0.717) is 0 Å². The van der Waals surface area contributed by atoms with Crippen LogP contribution in [0.1, 0.15) is 110 Å². The van der Waals surface area contributed by atoms with Gasteiger partial charge in [-0.25, -0.2) is 0 Å². The molecule has 0 atom stereocenters. The molecule has 6 aromatic carbocycles. The molecule has 4 heteroatoms. The Morgan fingerprint density at radius 3 is 1.83 bits per heavy atom. The van der Waals surface area contributed by atoms with E-state index in [2.05, 4.69) is 207 Å². The molecule has 0 N–H and O–H groups in total. The van der Waals surface area contributed by atoms with Crippen LogP contribution in [0.4, 0.5) is 34.1 Å². The Hall–Kier alpha value is -5.48. The summed E-state index contributed by atoms with van der Waals surface area (Å²) in [6.07, 6.45) is 2.32. The zero-order chi connectivity index (χ0) is 41.4. The van der Waals surface area contributed by atoms with Crippen molar-refractivity contribution in [3.63, 3.8) is 0 Å². The maximum absolute atomic E-state index is 7.27. The van der Waals surface area contributed by atoms with Gasteiger partial charge in [0.15, 0.2) is 0 Å². The van der Waals surface area contributed by atoms with Crippen molar-refractivity contribution in [1.82, 2.24) is 0 Å². The highest BCUT2D eigenvalue weighted by molar-refractivity contribution is 7.00. The first-order chi connectivity index (χ1) is 27.9. The first-order valence-corrected chi connectivity index (χ1v) is 21.7. The van der Waals surface area contributed by atoms with Crippen molar-refractivity contribution in [2.24, 2.45) is 0 Å². The number of nitrogens with zero attached hydrogens (tertiary/aromatic N) is 2. The Bertz CT molecular complexity index is 2810. The second-order valence-corrected chi connectivity index (χ2v) is 21.0. The van der Waals surface area contributed by atoms with Gasteiger partial charge >= 0.3 is 0 Å². The van der Waals surface area contributed by atoms with Crippen LogP contribution in [0.25, 0.3) is 22.1 Å². The molecule has 1 aromatic heterocycles. The molecule has 0 amide bonds. The molecule has 0 bridgehead atoms. The second-order valence-electron chi connectivity index (χ2n) is 21.0. The highest BCUT2D eigenvalue weighted by atomic mass is 16.3. The van der Waals surface area contributed by atoms with Crippen LogP contribution in [0.15, 0.2) is 126 Å². The largest absolute Gasteiger partial charge is 0.468 e. The van der Waals surface area contributed by atoms with E-state index >= 15 is 0 Å². The molecule has 1 aliphatic carbocycles. The number of rotatable bonds is 3. The number of anilines is 6. The third-order valence-corrected chi connectivity index (χ3v) is 13.9. The lowest BCUT2D eigenvalue weighted by atomic mass is 9.35. The summed E-state index contributed by atoms with van der Waals surface area (Å²) in [4.78, 5) is 5.13. The molecule has 0 fully saturated rings. The van der Waals surface area contributed by atoms with E-state index in [4.69, 9.17) is 4.42 Å². The van der Waals surface area contributed by atoms with Gasteiger partial charge in [0, 0.05) is 33.7 Å². The standard InChI is InChI=1S/C55H57BN2O/c1-34-29-46-49-47(30-34)58(44-26-23-37(53(5,6)7)31-40(44)35-17-13-12-14-18-35)50-39-19-15-16-20-48(39)59-51(50)56(49)43-32-41-42(55(10,11)28-27-54(41,8)9)33-45(43)57(46)38-24-21-36(22-25-38)52(2,3)4/h12-26,29-33H,27-28H2,1-11H3. The van der Waals surface area contributed by atoms with E-state index in [0.717, 1.165) is 40.8 Å². The van der Waals surface area contributed by atoms with Crippen LogP contribution >= 0.6 is 0 Å². The topological polar surface area (TPSA) is 19.6 Å². The lowest BCUT2D eigenvalue weighted by Crippen LogP contribution is -2.61. The molecule has 0 saturated heterocycles. The molecule has 2 aliphatic heterocycles. The number of para-hydroxylation sites is 1. The second kappa shape index (κ2) is 12.8. The molecule has 0 spiro atoms. The molecule has 3 nitrogen and oxygen atoms in total. The Labute approximate surface area is 352 Å². The van der Waals surface area contributed by atoms with Gasteiger partial charge in [0.2, 0.25) is 0 Å². The number of benzene rings is 6. The minimum Gasteiger partial charge on any atom is -0.468 e. The van der Waals surface area contributed by atoms with Crippen LogP contribution in [0, 0.1) is 6.92 Å². The molecule has 296 valence electrons. The van der Waals surface area contributed by atoms with Crippen molar-refractivity contribution >= 4 is 68.4 Å². The van der Waals surface area contributed by atoms with Gasteiger partial charge in [-0.15, -0.1) is 0 Å². The molecule has 0 unspecified atom stereocenters. The lowest BCUT2D eigenvalue weighted by Gasteiger charge is -2.46. The van der Waals surface area contributed by atoms with Crippen molar-refractivity contribution in [3.8, 4) is 11.1 Å². The monoisotopic (exact) mass is 772 g/mol. The van der Waals surface area contributed by atoms with Crippen LogP contribution in [0.2, 0.25) is 0 Å². The Morgan fingerprint density at radius 1 is 0.576 bits per heavy atom. The molecular formula is C55H57BN2O. The Kier molecular flexibility index (Phi) is 8.17. The SMILES string of the molecule is Cc1cc2c3c(c1)N(c1ccc(C(C)(C)C)cc1-c1ccccc1)c1c(oc4ccccc14)B3c1cc3c(cc1N2c1ccc(C(C)(C)C)cc1)C(C)(C)CCC3(C)C. The highest BCUT2D eigenvalue weighted by Crippen LogP contribution is 2.52. The highest BCUT2D eigenvalue weighted by Gasteiger charge is 2.49. The molecule has 0 radical (unpaired) electrons. The maximum atomic E-state index is 7.27. The minimum absolute atomic E-state index is 0.0146. The summed E-state index contributed by atoms with van der Waals surface area (Å²) in [5.41, 5.74) is 21.1. The molecular weight excluding hydrogens is 715 g/mol. The van der Waals surface area contributed by atoms with E-state index < -0.39 is 0 Å². The van der Waals surface area contributed by atoms with Gasteiger partial charge in [-0.05, 0) is 140 Å². The number of aryl methyl sites for hydroxylation is 1. The average molecular weight is 773 g/mol. The van der Waals surface area contributed by atoms with Crippen molar-refractivity contribution in [2.75, 3.05) is 9.80 Å². The summed E-state index contributed by atoms with van der Waals surface area (Å²) >= 11 is 0. The molecule has 3 aliphatic rings. The van der Waals surface area contributed by atoms with Gasteiger partial charge in [0.25, 0.3) is 6.71 Å². The number of furan rings is 1. The zero-order valence-corrected chi connectivity index (χ0v) is 36.8. The van der Waals surface area contributed by atoms with Crippen molar-refractivity contribution in [3.05, 3.63) is 149 Å². The first kappa shape index (κ1) is 37.8. The lowest BCUT2D eigenvalue weighted by molar-refractivity contribution is 0.332. The van der Waals surface area contributed by atoms with E-state index in [1.807, 2.05) is 0 Å². The van der Waals surface area contributed by atoms with Crippen LogP contribution in [-0.4, -0.2) is 6.71 Å². The first-order valence-electron chi connectivity index (χ1n) is 21.7. The Morgan fingerprint density at radius 2 is 1.17 bits per heavy atom. The van der Waals surface area contributed by atoms with E-state index in [-0.39, 0.29) is 28.4 Å². The average Bonchev–Trinajstić information content (AvgIpc) is 3.58. The van der Waals surface area contributed by atoms with Gasteiger partial charge in [0.1, 0.15) is 5.58 Å². The Balaban J connectivity index is 1.33. The van der Waals surface area contributed by atoms with E-state index in [1.54, 1.807) is 0 Å². The zero-order valence-electron chi connectivity index (χ0n) is 36.8. The number of fused-ring (bicyclic) bond motifs is 7. The van der Waals surface area contributed by atoms with Gasteiger partial charge in [-0.2, -0.15) is 0 Å². The van der Waals surface area contributed by atoms with Crippen LogP contribution in [0.3, 0.4) is 0 Å². The quantitative estimate of drug-likeness (QED) is 0.167. The third-order valence-electron chi connectivity index (χ3n) is 13.9. The summed E-state index contributed by atoms with van der Waals surface area (Å²) in [7, 11) is 0. The summed E-state index contributed by atoms with van der Waals surface area (Å²) in [6.45, 7) is 25.8. The van der Waals surface area contributed by atoms with Crippen molar-refractivity contribution < 1.29 is 4.42 Å². The molecule has 7 aromatic rings. The summed E-state index contributed by atoms with van der Waals surface area (Å²) in [5, 5.41) is 1.14. The van der Waals surface area contributed by atoms with Gasteiger partial charge in [-0.3, -0.25) is 0 Å². The summed E-state index contributed by atoms with van der Waals surface area (Å²) < 4.78 is 7.27. The third kappa shape index (κ3) is 5.84. The van der Waals surface area contributed by atoms with Gasteiger partial charge in [0.05, 0.1) is 17.0 Å². The van der Waals surface area contributed by atoms with Gasteiger partial charge in [-0.1, -0.05) is 136 Å². The molecule has 3 heterocycles. The number of hydrogen-bond acceptors (Lipinski definition) is 3. The fourth-order valence-corrected chi connectivity index (χ4v) is 10.3. The maximum Gasteiger partial charge on any atom is 0.297 e. The van der Waals surface area contributed by atoms with Gasteiger partial charge < -0.3 is 14.2 Å². The smallest absolute Gasteiger partial charge is 0.297 e. The molecule has 0 saturated carbocycles.